The highest BCUT2D eigenvalue weighted by atomic mass is 35.5. The van der Waals surface area contributed by atoms with Crippen LogP contribution in [0.2, 0.25) is 20.2 Å². The highest BCUT2D eigenvalue weighted by Crippen LogP contribution is 2.37. The first-order chi connectivity index (χ1) is 8.90. The van der Waals surface area contributed by atoms with Crippen LogP contribution in [-0.4, -0.2) is 16.1 Å². The molecule has 1 aromatic heterocycles. The van der Waals surface area contributed by atoms with Gasteiger partial charge in [-0.2, -0.15) is 0 Å². The van der Waals surface area contributed by atoms with Crippen molar-refractivity contribution in [3.63, 3.8) is 0 Å². The quantitative estimate of drug-likeness (QED) is 0.616. The van der Waals surface area contributed by atoms with Gasteiger partial charge < -0.3 is 5.11 Å². The lowest BCUT2D eigenvalue weighted by Gasteiger charge is -2.08. The van der Waals surface area contributed by atoms with Crippen molar-refractivity contribution in [1.82, 2.24) is 4.98 Å². The molecule has 3 nitrogen and oxygen atoms in total. The van der Waals surface area contributed by atoms with Crippen LogP contribution in [-0.2, 0) is 0 Å². The molecule has 0 saturated heterocycles. The van der Waals surface area contributed by atoms with E-state index in [0.717, 1.165) is 0 Å². The molecule has 0 atom stereocenters. The van der Waals surface area contributed by atoms with Crippen LogP contribution in [0.4, 0.5) is 0 Å². The van der Waals surface area contributed by atoms with Crippen LogP contribution in [0.15, 0.2) is 24.4 Å². The van der Waals surface area contributed by atoms with Gasteiger partial charge in [0, 0.05) is 22.3 Å². The van der Waals surface area contributed by atoms with Gasteiger partial charge in [0.25, 0.3) is 0 Å². The predicted octanol–water partition coefficient (Wildman–Crippen LogP) is 5.06. The molecule has 98 valence electrons. The van der Waals surface area contributed by atoms with Gasteiger partial charge in [-0.25, -0.2) is 9.78 Å². The highest BCUT2D eigenvalue weighted by molar-refractivity contribution is 6.45. The van der Waals surface area contributed by atoms with Gasteiger partial charge in [-0.1, -0.05) is 46.4 Å². The van der Waals surface area contributed by atoms with E-state index in [-0.39, 0.29) is 20.8 Å². The average Bonchev–Trinajstić information content (AvgIpc) is 2.34. The van der Waals surface area contributed by atoms with E-state index in [4.69, 9.17) is 51.5 Å². The van der Waals surface area contributed by atoms with Crippen molar-refractivity contribution in [1.29, 1.82) is 0 Å². The van der Waals surface area contributed by atoms with Crippen LogP contribution in [0.5, 0.6) is 0 Å². The van der Waals surface area contributed by atoms with E-state index >= 15 is 0 Å². The lowest BCUT2D eigenvalue weighted by molar-refractivity contribution is 0.0696. The molecule has 0 bridgehead atoms. The topological polar surface area (TPSA) is 50.2 Å². The van der Waals surface area contributed by atoms with Crippen LogP contribution in [0.1, 0.15) is 10.4 Å². The van der Waals surface area contributed by atoms with Gasteiger partial charge in [0.15, 0.2) is 0 Å². The summed E-state index contributed by atoms with van der Waals surface area (Å²) in [5.74, 6) is -1.18. The molecule has 0 radical (unpaired) electrons. The zero-order valence-corrected chi connectivity index (χ0v) is 12.1. The lowest BCUT2D eigenvalue weighted by atomic mass is 10.1. The van der Waals surface area contributed by atoms with Gasteiger partial charge in [-0.05, 0) is 18.2 Å². The maximum absolute atomic E-state index is 11.0. The molecule has 0 aliphatic rings. The SMILES string of the molecule is O=C(O)c1cc(-c2cc(Cl)cc(Cl)c2Cl)cnc1Cl. The fourth-order valence-corrected chi connectivity index (χ4v) is 2.41. The summed E-state index contributed by atoms with van der Waals surface area (Å²) >= 11 is 23.6. The van der Waals surface area contributed by atoms with Crippen molar-refractivity contribution in [2.75, 3.05) is 0 Å². The summed E-state index contributed by atoms with van der Waals surface area (Å²) < 4.78 is 0. The minimum absolute atomic E-state index is 0.0968. The first-order valence-electron chi connectivity index (χ1n) is 4.94. The van der Waals surface area contributed by atoms with E-state index < -0.39 is 5.97 Å². The Kier molecular flexibility index (Phi) is 4.21. The summed E-state index contributed by atoms with van der Waals surface area (Å²) in [6.45, 7) is 0. The second-order valence-electron chi connectivity index (χ2n) is 3.62. The van der Waals surface area contributed by atoms with E-state index in [0.29, 0.717) is 16.1 Å². The molecule has 0 amide bonds. The first kappa shape index (κ1) is 14.4. The van der Waals surface area contributed by atoms with Crippen molar-refractivity contribution in [3.8, 4) is 11.1 Å². The summed E-state index contributed by atoms with van der Waals surface area (Å²) in [6.07, 6.45) is 1.41. The standard InChI is InChI=1S/C12H5Cl4NO2/c13-6-2-7(10(15)9(14)3-6)5-1-8(12(18)19)11(16)17-4-5/h1-4H,(H,18,19). The van der Waals surface area contributed by atoms with Gasteiger partial charge in [-0.3, -0.25) is 0 Å². The predicted molar refractivity (Wildman–Crippen MR) is 76.7 cm³/mol. The average molecular weight is 337 g/mol. The summed E-state index contributed by atoms with van der Waals surface area (Å²) in [7, 11) is 0. The molecule has 2 aromatic rings. The fourth-order valence-electron chi connectivity index (χ4n) is 1.51. The Balaban J connectivity index is 2.66. The van der Waals surface area contributed by atoms with Crippen molar-refractivity contribution in [2.24, 2.45) is 0 Å². The zero-order valence-electron chi connectivity index (χ0n) is 9.12. The molecule has 0 aliphatic carbocycles. The molecule has 0 aliphatic heterocycles. The van der Waals surface area contributed by atoms with Crippen LogP contribution in [0.25, 0.3) is 11.1 Å². The largest absolute Gasteiger partial charge is 0.478 e. The molecule has 0 fully saturated rings. The number of carboxylic acids is 1. The number of hydrogen-bond donors (Lipinski definition) is 1. The van der Waals surface area contributed by atoms with E-state index in [1.54, 1.807) is 6.07 Å². The molecule has 1 heterocycles. The second kappa shape index (κ2) is 5.55. The lowest BCUT2D eigenvalue weighted by Crippen LogP contribution is -1.99. The Labute approximate surface area is 128 Å². The number of aromatic carboxylic acids is 1. The Hall–Kier alpha value is -1.000. The van der Waals surface area contributed by atoms with Crippen LogP contribution >= 0.6 is 46.4 Å². The van der Waals surface area contributed by atoms with E-state index in [1.165, 1.54) is 18.3 Å². The van der Waals surface area contributed by atoms with Crippen LogP contribution in [0.3, 0.4) is 0 Å². The number of carboxylic acid groups (broad SMARTS) is 1. The fraction of sp³-hybridized carbons (Fsp3) is 0. The van der Waals surface area contributed by atoms with Crippen LogP contribution < -0.4 is 0 Å². The minimum atomic E-state index is -1.18. The number of rotatable bonds is 2. The number of aromatic nitrogens is 1. The Morgan fingerprint density at radius 2 is 1.79 bits per heavy atom. The number of hydrogen-bond acceptors (Lipinski definition) is 2. The number of pyridine rings is 1. The third-order valence-corrected chi connectivity index (χ3v) is 3.69. The van der Waals surface area contributed by atoms with Gasteiger partial charge in [0.05, 0.1) is 15.6 Å². The van der Waals surface area contributed by atoms with Crippen molar-refractivity contribution in [2.45, 2.75) is 0 Å². The molecule has 0 saturated carbocycles. The van der Waals surface area contributed by atoms with E-state index in [2.05, 4.69) is 4.98 Å². The number of halogens is 4. The summed E-state index contributed by atoms with van der Waals surface area (Å²) in [4.78, 5) is 14.8. The normalized spacial score (nSPS) is 10.5. The molecule has 2 rings (SSSR count). The van der Waals surface area contributed by atoms with E-state index in [1.807, 2.05) is 0 Å². The maximum atomic E-state index is 11.0. The molecule has 1 N–H and O–H groups in total. The van der Waals surface area contributed by atoms with Crippen molar-refractivity contribution in [3.05, 3.63) is 50.2 Å². The Morgan fingerprint density at radius 3 is 2.42 bits per heavy atom. The van der Waals surface area contributed by atoms with Crippen molar-refractivity contribution >= 4 is 52.4 Å². The monoisotopic (exact) mass is 335 g/mol. The number of benzene rings is 1. The van der Waals surface area contributed by atoms with Gasteiger partial charge in [0.2, 0.25) is 0 Å². The highest BCUT2D eigenvalue weighted by Gasteiger charge is 2.15. The third-order valence-electron chi connectivity index (χ3n) is 2.37. The van der Waals surface area contributed by atoms with Gasteiger partial charge in [-0.15, -0.1) is 0 Å². The zero-order chi connectivity index (χ0) is 14.2. The molecule has 1 aromatic carbocycles. The summed E-state index contributed by atoms with van der Waals surface area (Å²) in [5.41, 5.74) is 0.841. The molecule has 0 spiro atoms. The smallest absolute Gasteiger partial charge is 0.338 e. The summed E-state index contributed by atoms with van der Waals surface area (Å²) in [6, 6.07) is 4.44. The van der Waals surface area contributed by atoms with Crippen LogP contribution in [0, 0.1) is 0 Å². The summed E-state index contributed by atoms with van der Waals surface area (Å²) in [5, 5.41) is 9.84. The van der Waals surface area contributed by atoms with E-state index in [9.17, 15) is 4.79 Å². The maximum Gasteiger partial charge on any atom is 0.338 e. The molecule has 7 heteroatoms. The molecular weight excluding hydrogens is 332 g/mol. The van der Waals surface area contributed by atoms with Crippen molar-refractivity contribution < 1.29 is 9.90 Å². The number of carbonyl (C=O) groups is 1. The molecular formula is C12H5Cl4NO2. The minimum Gasteiger partial charge on any atom is -0.478 e. The molecule has 0 unspecified atom stereocenters. The Morgan fingerprint density at radius 1 is 1.11 bits per heavy atom. The first-order valence-corrected chi connectivity index (χ1v) is 6.45. The Bertz CT molecular complexity index is 673. The second-order valence-corrected chi connectivity index (χ2v) is 5.20. The molecule has 19 heavy (non-hydrogen) atoms. The van der Waals surface area contributed by atoms with Gasteiger partial charge >= 0.3 is 5.97 Å². The third kappa shape index (κ3) is 2.95. The number of nitrogens with zero attached hydrogens (tertiary/aromatic N) is 1. The van der Waals surface area contributed by atoms with Gasteiger partial charge in [0.1, 0.15) is 5.15 Å².